The van der Waals surface area contributed by atoms with Gasteiger partial charge in [0.25, 0.3) is 0 Å². The van der Waals surface area contributed by atoms with Crippen molar-refractivity contribution in [2.75, 3.05) is 6.26 Å². The van der Waals surface area contributed by atoms with Crippen LogP contribution in [-0.4, -0.2) is 28.6 Å². The second-order valence-electron chi connectivity index (χ2n) is 13.4. The van der Waals surface area contributed by atoms with E-state index in [1.54, 1.807) is 11.1 Å². The van der Waals surface area contributed by atoms with Crippen LogP contribution < -0.4 is 8.37 Å². The molecule has 0 bridgehead atoms. The van der Waals surface area contributed by atoms with Gasteiger partial charge in [-0.25, -0.2) is 0 Å². The normalized spacial score (nSPS) is 16.7. The molecule has 0 amide bonds. The molecular weight excluding hydrogens is 674 g/mol. The molecule has 2 saturated carbocycles. The summed E-state index contributed by atoms with van der Waals surface area (Å²) in [5.41, 5.74) is -2.41. The molecule has 2 aliphatic rings. The molecule has 0 aromatic heterocycles. The summed E-state index contributed by atoms with van der Waals surface area (Å²) >= 11 is 0. The standard InChI is InChI=1S/C26H36.C12H9F3O6S2/c1-3-9-21(10-4-1)17-19-23-13-7-16-26-24(14-8-15-25(23)26)20-18-22-11-5-2-6-12-22;1-22(16,17)20-10-6-2-5-9-8(10)4-3-7-11(9)21-23(18,19)12(13,14)15/h7-8,13-16,21-22H,1-6,9-12,17-20H2;2-7H,1H3. The maximum absolute atomic E-state index is 12.4. The Morgan fingerprint density at radius 1 is 0.571 bits per heavy atom. The third-order valence-electron chi connectivity index (χ3n) is 9.76. The van der Waals surface area contributed by atoms with Gasteiger partial charge in [-0.05, 0) is 71.6 Å². The fourth-order valence-corrected chi connectivity index (χ4v) is 8.22. The van der Waals surface area contributed by atoms with Crippen molar-refractivity contribution in [2.24, 2.45) is 11.8 Å². The summed E-state index contributed by atoms with van der Waals surface area (Å²) in [5.74, 6) is 1.20. The first kappa shape index (κ1) is 37.0. The van der Waals surface area contributed by atoms with Crippen molar-refractivity contribution < 1.29 is 38.4 Å². The van der Waals surface area contributed by atoms with Crippen LogP contribution in [0.15, 0.2) is 72.8 Å². The lowest BCUT2D eigenvalue weighted by molar-refractivity contribution is -0.0499. The van der Waals surface area contributed by atoms with E-state index in [1.165, 1.54) is 131 Å². The summed E-state index contributed by atoms with van der Waals surface area (Å²) in [6, 6.07) is 21.5. The highest BCUT2D eigenvalue weighted by Crippen LogP contribution is 2.36. The van der Waals surface area contributed by atoms with Crippen LogP contribution in [0.2, 0.25) is 0 Å². The summed E-state index contributed by atoms with van der Waals surface area (Å²) in [7, 11) is -9.73. The molecule has 4 aromatic carbocycles. The van der Waals surface area contributed by atoms with Gasteiger partial charge < -0.3 is 8.37 Å². The molecule has 0 saturated heterocycles. The Bertz CT molecular complexity index is 1870. The summed E-state index contributed by atoms with van der Waals surface area (Å²) in [6.45, 7) is 0. The molecule has 11 heteroatoms. The van der Waals surface area contributed by atoms with Gasteiger partial charge in [-0.2, -0.15) is 30.0 Å². The summed E-state index contributed by atoms with van der Waals surface area (Å²) in [6.07, 6.45) is 20.8. The zero-order valence-corrected chi connectivity index (χ0v) is 29.5. The van der Waals surface area contributed by atoms with Gasteiger partial charge in [0.1, 0.15) is 0 Å². The average Bonchev–Trinajstić information content (AvgIpc) is 3.07. The van der Waals surface area contributed by atoms with Crippen LogP contribution in [-0.2, 0) is 33.1 Å². The van der Waals surface area contributed by atoms with Gasteiger partial charge in [0.2, 0.25) is 0 Å². The SMILES string of the molecule is CS(=O)(=O)Oc1cccc2c(OS(=O)(=O)C(F)(F)F)cccc12.c1cc(CCC2CCCCC2)c2cccc(CCC3CCCCC3)c2c1. The smallest absolute Gasteiger partial charge is 0.382 e. The highest BCUT2D eigenvalue weighted by atomic mass is 32.2. The Balaban J connectivity index is 0.000000193. The van der Waals surface area contributed by atoms with Crippen LogP contribution >= 0.6 is 0 Å². The van der Waals surface area contributed by atoms with Crippen LogP contribution in [0.1, 0.15) is 88.2 Å². The molecule has 0 atom stereocenters. The molecule has 0 radical (unpaired) electrons. The lowest BCUT2D eigenvalue weighted by Crippen LogP contribution is -2.28. The van der Waals surface area contributed by atoms with Crippen molar-refractivity contribution in [3.05, 3.63) is 83.9 Å². The number of benzene rings is 4. The number of halogens is 3. The first-order valence-corrected chi connectivity index (χ1v) is 20.4. The molecule has 0 aliphatic heterocycles. The lowest BCUT2D eigenvalue weighted by Gasteiger charge is -2.22. The van der Waals surface area contributed by atoms with E-state index >= 15 is 0 Å². The van der Waals surface area contributed by atoms with Crippen LogP contribution in [0.25, 0.3) is 21.5 Å². The van der Waals surface area contributed by atoms with E-state index in [2.05, 4.69) is 40.6 Å². The van der Waals surface area contributed by atoms with E-state index in [-0.39, 0.29) is 16.5 Å². The topological polar surface area (TPSA) is 86.7 Å². The van der Waals surface area contributed by atoms with E-state index in [0.29, 0.717) is 0 Å². The maximum atomic E-state index is 12.4. The van der Waals surface area contributed by atoms with Crippen molar-refractivity contribution in [1.82, 2.24) is 0 Å². The Kier molecular flexibility index (Phi) is 12.2. The minimum absolute atomic E-state index is 0.0542. The molecule has 6 rings (SSSR count). The molecule has 2 fully saturated rings. The van der Waals surface area contributed by atoms with E-state index in [4.69, 9.17) is 4.18 Å². The predicted octanol–water partition coefficient (Wildman–Crippen LogP) is 10.3. The van der Waals surface area contributed by atoms with Gasteiger partial charge in [-0.15, -0.1) is 0 Å². The maximum Gasteiger partial charge on any atom is 0.534 e. The molecular formula is C38H45F3O6S2. The van der Waals surface area contributed by atoms with Gasteiger partial charge >= 0.3 is 25.7 Å². The number of alkyl halides is 3. The van der Waals surface area contributed by atoms with Crippen LogP contribution in [0, 0.1) is 11.8 Å². The molecule has 0 unspecified atom stereocenters. The monoisotopic (exact) mass is 718 g/mol. The van der Waals surface area contributed by atoms with Crippen molar-refractivity contribution in [1.29, 1.82) is 0 Å². The largest absolute Gasteiger partial charge is 0.534 e. The molecule has 6 nitrogen and oxygen atoms in total. The van der Waals surface area contributed by atoms with Crippen LogP contribution in [0.3, 0.4) is 0 Å². The third kappa shape index (κ3) is 10.1. The average molecular weight is 719 g/mol. The van der Waals surface area contributed by atoms with Gasteiger partial charge in [-0.3, -0.25) is 0 Å². The number of aryl methyl sites for hydroxylation is 2. The van der Waals surface area contributed by atoms with E-state index < -0.39 is 31.5 Å². The summed E-state index contributed by atoms with van der Waals surface area (Å²) in [5, 5.41) is 3.09. The summed E-state index contributed by atoms with van der Waals surface area (Å²) < 4.78 is 90.6. The second kappa shape index (κ2) is 16.1. The molecule has 4 aromatic rings. The molecule has 0 N–H and O–H groups in total. The third-order valence-corrected chi connectivity index (χ3v) is 11.2. The van der Waals surface area contributed by atoms with Gasteiger partial charge in [0, 0.05) is 10.8 Å². The van der Waals surface area contributed by atoms with Gasteiger partial charge in [0.05, 0.1) is 6.26 Å². The molecule has 0 heterocycles. The predicted molar refractivity (Wildman–Crippen MR) is 189 cm³/mol. The lowest BCUT2D eigenvalue weighted by atomic mass is 9.83. The minimum Gasteiger partial charge on any atom is -0.382 e. The second-order valence-corrected chi connectivity index (χ2v) is 16.5. The van der Waals surface area contributed by atoms with Crippen molar-refractivity contribution in [2.45, 2.75) is 95.4 Å². The number of hydrogen-bond donors (Lipinski definition) is 0. The summed E-state index contributed by atoms with van der Waals surface area (Å²) in [4.78, 5) is 0. The highest BCUT2D eigenvalue weighted by molar-refractivity contribution is 7.88. The fourth-order valence-electron chi connectivity index (χ4n) is 7.27. The quantitative estimate of drug-likeness (QED) is 0.120. The Morgan fingerprint density at radius 3 is 1.37 bits per heavy atom. The fraction of sp³-hybridized carbons (Fsp3) is 0.474. The van der Waals surface area contributed by atoms with Crippen LogP contribution in [0.5, 0.6) is 11.5 Å². The number of rotatable bonds is 10. The van der Waals surface area contributed by atoms with E-state index in [9.17, 15) is 30.0 Å². The Morgan fingerprint density at radius 2 is 0.959 bits per heavy atom. The minimum atomic E-state index is -5.85. The highest BCUT2D eigenvalue weighted by Gasteiger charge is 2.48. The molecule has 266 valence electrons. The molecule has 0 spiro atoms. The van der Waals surface area contributed by atoms with Crippen LogP contribution in [0.4, 0.5) is 13.2 Å². The zero-order valence-electron chi connectivity index (χ0n) is 27.9. The van der Waals surface area contributed by atoms with Gasteiger partial charge in [0.15, 0.2) is 11.5 Å². The van der Waals surface area contributed by atoms with Crippen molar-refractivity contribution in [3.63, 3.8) is 0 Å². The Labute approximate surface area is 288 Å². The number of hydrogen-bond acceptors (Lipinski definition) is 6. The molecule has 49 heavy (non-hydrogen) atoms. The van der Waals surface area contributed by atoms with E-state index in [1.807, 2.05) is 0 Å². The van der Waals surface area contributed by atoms with E-state index in [0.717, 1.165) is 24.2 Å². The first-order valence-electron chi connectivity index (χ1n) is 17.2. The Hall–Kier alpha value is -3.31. The van der Waals surface area contributed by atoms with Crippen molar-refractivity contribution >= 4 is 41.8 Å². The zero-order chi connectivity index (χ0) is 35.1. The van der Waals surface area contributed by atoms with Crippen molar-refractivity contribution in [3.8, 4) is 11.5 Å². The van der Waals surface area contributed by atoms with Gasteiger partial charge in [-0.1, -0.05) is 125 Å². The first-order chi connectivity index (χ1) is 23.3. The number of fused-ring (bicyclic) bond motifs is 2. The molecule has 2 aliphatic carbocycles.